The van der Waals surface area contributed by atoms with Crippen LogP contribution < -0.4 is 3.22 Å². The van der Waals surface area contributed by atoms with Crippen LogP contribution in [-0.4, -0.2) is 27.9 Å². The average Bonchev–Trinajstić information content (AvgIpc) is 2.29. The fourth-order valence-corrected chi connectivity index (χ4v) is 9.22. The Balaban J connectivity index is 2.61. The first kappa shape index (κ1) is 14.9. The van der Waals surface area contributed by atoms with Gasteiger partial charge in [0.1, 0.15) is 0 Å². The van der Waals surface area contributed by atoms with Crippen LogP contribution >= 0.6 is 0 Å². The van der Waals surface area contributed by atoms with Crippen LogP contribution in [0.25, 0.3) is 0 Å². The van der Waals surface area contributed by atoms with Gasteiger partial charge >= 0.3 is 112 Å². The monoisotopic (exact) mass is 428 g/mol. The third-order valence-electron chi connectivity index (χ3n) is 3.31. The molecule has 0 aromatic heterocycles. The van der Waals surface area contributed by atoms with Crippen LogP contribution in [0.15, 0.2) is 42.5 Å². The van der Waals surface area contributed by atoms with Crippen LogP contribution in [0.2, 0.25) is 12.2 Å². The van der Waals surface area contributed by atoms with Gasteiger partial charge in [-0.3, -0.25) is 0 Å². The number of nitrogens with one attached hydrogen (secondary N) is 1. The number of allylic oxidation sites excluding steroid dienone is 1. The molecule has 0 saturated heterocycles. The molecule has 0 heterocycles. The second-order valence-corrected chi connectivity index (χ2v) is 20.3. The Bertz CT molecular complexity index is 358. The topological polar surface area (TPSA) is 12.0 Å². The molecule has 0 spiro atoms. The Morgan fingerprint density at radius 2 is 1.88 bits per heavy atom. The van der Waals surface area contributed by atoms with Gasteiger partial charge in [-0.15, -0.1) is 0 Å². The molecule has 1 aromatic carbocycles. The molecule has 96 valence electrons. The molecule has 17 heavy (non-hydrogen) atoms. The molecule has 0 amide bonds. The molecule has 2 heteroatoms. The van der Waals surface area contributed by atoms with Gasteiger partial charge in [-0.2, -0.15) is 0 Å². The van der Waals surface area contributed by atoms with E-state index in [1.54, 1.807) is 0 Å². The van der Waals surface area contributed by atoms with E-state index in [4.69, 9.17) is 0 Å². The van der Waals surface area contributed by atoms with Crippen molar-refractivity contribution in [2.45, 2.75) is 32.5 Å². The summed E-state index contributed by atoms with van der Waals surface area (Å²) in [5.41, 5.74) is 2.77. The van der Waals surface area contributed by atoms with Crippen molar-refractivity contribution in [3.05, 3.63) is 48.0 Å². The normalized spacial score (nSPS) is 16.5. The Labute approximate surface area is 111 Å². The van der Waals surface area contributed by atoms with Crippen LogP contribution in [-0.2, 0) is 6.42 Å². The third-order valence-corrected chi connectivity index (χ3v) is 18.9. The number of hydrogen-bond acceptors (Lipinski definition) is 1. The zero-order chi connectivity index (χ0) is 12.9. The van der Waals surface area contributed by atoms with Crippen molar-refractivity contribution >= 4 is 20.9 Å². The SMILES string of the molecule is C=C(Cc1ccccc1)[CH2][Po]([CH3])([NH]C)[CH](C)C. The van der Waals surface area contributed by atoms with Crippen molar-refractivity contribution < 1.29 is 0 Å². The molecular formula is C15H25NPo. The molecule has 1 nitrogen and oxygen atoms in total. The van der Waals surface area contributed by atoms with E-state index in [1.165, 1.54) is 15.2 Å². The first-order chi connectivity index (χ1) is 7.98. The van der Waals surface area contributed by atoms with Gasteiger partial charge in [0.15, 0.2) is 0 Å². The summed E-state index contributed by atoms with van der Waals surface area (Å²) >= 11 is -2.12. The van der Waals surface area contributed by atoms with Gasteiger partial charge in [0, 0.05) is 0 Å². The van der Waals surface area contributed by atoms with E-state index >= 15 is 0 Å². The first-order valence-electron chi connectivity index (χ1n) is 6.12. The Kier molecular flexibility index (Phi) is 5.84. The minimum absolute atomic E-state index is 0.806. The van der Waals surface area contributed by atoms with Crippen LogP contribution in [0.4, 0.5) is 0 Å². The molecule has 0 aliphatic heterocycles. The van der Waals surface area contributed by atoms with Gasteiger partial charge in [0.05, 0.1) is 0 Å². The van der Waals surface area contributed by atoms with Crippen LogP contribution in [0.5, 0.6) is 0 Å². The van der Waals surface area contributed by atoms with E-state index in [1.807, 2.05) is 0 Å². The molecule has 0 bridgehead atoms. The summed E-state index contributed by atoms with van der Waals surface area (Å²) in [6, 6.07) is 10.6. The molecule has 1 unspecified atom stereocenters. The predicted molar refractivity (Wildman–Crippen MR) is 79.9 cm³/mol. The average molecular weight is 428 g/mol. The molecule has 0 fully saturated rings. The minimum atomic E-state index is -2.12. The van der Waals surface area contributed by atoms with Gasteiger partial charge in [-0.1, -0.05) is 0 Å². The predicted octanol–water partition coefficient (Wildman–Crippen LogP) is 3.99. The first-order valence-corrected chi connectivity index (χ1v) is 15.0. The van der Waals surface area contributed by atoms with Gasteiger partial charge in [0.2, 0.25) is 0 Å². The van der Waals surface area contributed by atoms with Crippen LogP contribution in [0, 0.1) is 0 Å². The fraction of sp³-hybridized carbons (Fsp3) is 0.467. The molecule has 1 aromatic rings. The van der Waals surface area contributed by atoms with E-state index in [0.29, 0.717) is 0 Å². The molecule has 0 radical (unpaired) electrons. The van der Waals surface area contributed by atoms with Crippen molar-refractivity contribution in [3.8, 4) is 0 Å². The van der Waals surface area contributed by atoms with Crippen LogP contribution in [0.3, 0.4) is 0 Å². The molecule has 0 aliphatic carbocycles. The van der Waals surface area contributed by atoms with E-state index in [9.17, 15) is 0 Å². The standard InChI is InChI=1S/C10H11.C3H7.CH4N.CH3.Po/c1-9(2)8-10-6-4-3-5-7-10;1-3-2;1-2;;/h3-7H,1-2,8H2;3H,1-2H3;2H,1H3;1H3;/q;;-1;;+1. The van der Waals surface area contributed by atoms with Crippen molar-refractivity contribution in [1.82, 2.24) is 3.22 Å². The van der Waals surface area contributed by atoms with Crippen molar-refractivity contribution in [1.29, 1.82) is 0 Å². The number of rotatable bonds is 6. The van der Waals surface area contributed by atoms with Crippen molar-refractivity contribution in [2.24, 2.45) is 0 Å². The molecule has 0 saturated carbocycles. The number of hydrogen-bond donors (Lipinski definition) is 1. The van der Waals surface area contributed by atoms with Gasteiger partial charge in [0.25, 0.3) is 0 Å². The van der Waals surface area contributed by atoms with E-state index < -0.39 is 20.9 Å². The van der Waals surface area contributed by atoms with E-state index in [-0.39, 0.29) is 0 Å². The Hall–Kier alpha value is -0.184. The Morgan fingerprint density at radius 3 is 2.35 bits per heavy atom. The molecule has 0 aliphatic rings. The molecule has 1 N–H and O–H groups in total. The second kappa shape index (κ2) is 6.67. The zero-order valence-electron chi connectivity index (χ0n) is 11.5. The zero-order valence-corrected chi connectivity index (χ0v) is 14.7. The van der Waals surface area contributed by atoms with Crippen LogP contribution in [0.1, 0.15) is 19.4 Å². The summed E-state index contributed by atoms with van der Waals surface area (Å²) in [5, 5.41) is 0. The van der Waals surface area contributed by atoms with E-state index in [2.05, 4.69) is 65.6 Å². The summed E-state index contributed by atoms with van der Waals surface area (Å²) in [6.45, 7) is 8.98. The van der Waals surface area contributed by atoms with Gasteiger partial charge in [-0.25, -0.2) is 0 Å². The summed E-state index contributed by atoms with van der Waals surface area (Å²) in [7, 11) is 2.13. The Morgan fingerprint density at radius 1 is 1.29 bits per heavy atom. The number of benzene rings is 1. The van der Waals surface area contributed by atoms with Crippen molar-refractivity contribution in [2.75, 3.05) is 7.05 Å². The van der Waals surface area contributed by atoms with E-state index in [0.717, 1.165) is 10.00 Å². The molecule has 1 rings (SSSR count). The summed E-state index contributed by atoms with van der Waals surface area (Å²) < 4.78 is 8.16. The summed E-state index contributed by atoms with van der Waals surface area (Å²) in [4.78, 5) is 0. The summed E-state index contributed by atoms with van der Waals surface area (Å²) in [6.07, 6.45) is 1.03. The molecular weight excluding hydrogens is 403 g/mol. The quantitative estimate of drug-likeness (QED) is 0.676. The van der Waals surface area contributed by atoms with Gasteiger partial charge < -0.3 is 0 Å². The summed E-state index contributed by atoms with van der Waals surface area (Å²) in [5.74, 6) is 0. The van der Waals surface area contributed by atoms with Gasteiger partial charge in [-0.05, 0) is 0 Å². The maximum atomic E-state index is 4.28. The maximum absolute atomic E-state index is 4.28. The second-order valence-electron chi connectivity index (χ2n) is 4.97. The van der Waals surface area contributed by atoms with Crippen molar-refractivity contribution in [3.63, 3.8) is 0 Å². The third kappa shape index (κ3) is 4.53. The molecule has 1 atom stereocenters. The fourth-order valence-electron chi connectivity index (χ4n) is 1.83.